The molecule has 208 valence electrons. The Hall–Kier alpha value is -3.88. The molecule has 0 radical (unpaired) electrons. The third-order valence-corrected chi connectivity index (χ3v) is 7.37. The molecule has 0 saturated heterocycles. The maximum atomic E-state index is 14.3. The number of hydrogen-bond acceptors (Lipinski definition) is 10. The van der Waals surface area contributed by atoms with Crippen LogP contribution in [0.5, 0.6) is 0 Å². The molecule has 0 saturated carbocycles. The van der Waals surface area contributed by atoms with Crippen LogP contribution in [-0.4, -0.2) is 40.8 Å². The number of halogens is 4. The highest BCUT2D eigenvalue weighted by Crippen LogP contribution is 2.41. The van der Waals surface area contributed by atoms with E-state index in [2.05, 4.69) is 0 Å². The first kappa shape index (κ1) is 29.7. The fourth-order valence-electron chi connectivity index (χ4n) is 3.66. The monoisotopic (exact) mass is 586 g/mol. The van der Waals surface area contributed by atoms with Gasteiger partial charge in [-0.3, -0.25) is 10.1 Å². The minimum absolute atomic E-state index is 0.104. The van der Waals surface area contributed by atoms with Crippen molar-refractivity contribution < 1.29 is 37.2 Å². The number of carbonyl (C=O) groups is 2. The van der Waals surface area contributed by atoms with Crippen LogP contribution in [0.4, 0.5) is 18.9 Å². The molecular formula is C24H22ClF3N4O6S. The zero-order chi connectivity index (χ0) is 29.1. The SMILES string of the molecule is CCC(OC(=O)c1ccc([N+](=O)[O-])cc1)(/C(N)=C/N(N)Cc1ccc2c(Cl)c(C(=O)OC)sc2c1)C(F)(F)F. The number of alkyl halides is 3. The molecule has 3 aromatic rings. The molecule has 1 aromatic heterocycles. The first-order chi connectivity index (χ1) is 18.2. The van der Waals surface area contributed by atoms with Gasteiger partial charge in [0.2, 0.25) is 5.60 Å². The molecule has 4 N–H and O–H groups in total. The summed E-state index contributed by atoms with van der Waals surface area (Å²) >= 11 is 7.33. The van der Waals surface area contributed by atoms with E-state index < -0.39 is 40.8 Å². The number of nitro groups is 1. The van der Waals surface area contributed by atoms with Crippen LogP contribution in [-0.2, 0) is 16.0 Å². The van der Waals surface area contributed by atoms with Crippen LogP contribution in [0.2, 0.25) is 5.02 Å². The third kappa shape index (κ3) is 6.08. The number of hydrogen-bond donors (Lipinski definition) is 2. The van der Waals surface area contributed by atoms with Crippen molar-refractivity contribution in [1.29, 1.82) is 0 Å². The molecule has 0 spiro atoms. The average molecular weight is 587 g/mol. The summed E-state index contributed by atoms with van der Waals surface area (Å²) in [6.45, 7) is 1.03. The van der Waals surface area contributed by atoms with Crippen molar-refractivity contribution in [2.45, 2.75) is 31.7 Å². The van der Waals surface area contributed by atoms with E-state index in [1.54, 1.807) is 18.2 Å². The number of benzene rings is 2. The molecule has 0 aliphatic heterocycles. The highest BCUT2D eigenvalue weighted by molar-refractivity contribution is 7.21. The summed E-state index contributed by atoms with van der Waals surface area (Å²) in [5.41, 5.74) is 1.59. The van der Waals surface area contributed by atoms with E-state index in [0.29, 0.717) is 15.6 Å². The number of carbonyl (C=O) groups excluding carboxylic acids is 2. The minimum atomic E-state index is -5.13. The van der Waals surface area contributed by atoms with Crippen LogP contribution in [0, 0.1) is 10.1 Å². The number of nitrogens with two attached hydrogens (primary N) is 2. The Kier molecular flexibility index (Phi) is 8.73. The number of nitrogens with zero attached hydrogens (tertiary/aromatic N) is 2. The van der Waals surface area contributed by atoms with Crippen LogP contribution in [0.25, 0.3) is 10.1 Å². The molecular weight excluding hydrogens is 565 g/mol. The number of rotatable bonds is 9. The standard InChI is InChI=1S/C24H22ClF3N4O6S/c1-3-23(24(26,27)28,38-21(33)14-5-7-15(8-6-14)32(35)36)18(29)12-31(30)11-13-4-9-16-17(10-13)39-20(19(16)25)22(34)37-2/h4-10,12H,3,11,29-30H2,1-2H3/b18-12-. The molecule has 1 atom stereocenters. The molecule has 0 aliphatic carbocycles. The summed E-state index contributed by atoms with van der Waals surface area (Å²) in [5, 5.41) is 12.5. The Morgan fingerprint density at radius 2 is 1.82 bits per heavy atom. The number of thiophene rings is 1. The number of non-ortho nitro benzene ring substituents is 1. The highest BCUT2D eigenvalue weighted by atomic mass is 35.5. The fourth-order valence-corrected chi connectivity index (χ4v) is 5.16. The lowest BCUT2D eigenvalue weighted by Gasteiger charge is -2.35. The number of methoxy groups -OCH3 is 1. The first-order valence-electron chi connectivity index (χ1n) is 11.1. The molecule has 2 aromatic carbocycles. The third-order valence-electron chi connectivity index (χ3n) is 5.74. The number of nitro benzene ring substituents is 1. The van der Waals surface area contributed by atoms with E-state index in [4.69, 9.17) is 32.7 Å². The number of hydrazine groups is 1. The topological polar surface area (TPSA) is 151 Å². The van der Waals surface area contributed by atoms with Gasteiger partial charge >= 0.3 is 18.1 Å². The lowest BCUT2D eigenvalue weighted by Crippen LogP contribution is -2.53. The van der Waals surface area contributed by atoms with Crippen molar-refractivity contribution in [2.24, 2.45) is 11.6 Å². The molecule has 3 rings (SSSR count). The largest absolute Gasteiger partial charge is 0.465 e. The lowest BCUT2D eigenvalue weighted by molar-refractivity contribution is -0.384. The van der Waals surface area contributed by atoms with E-state index in [0.717, 1.165) is 53.7 Å². The van der Waals surface area contributed by atoms with Crippen molar-refractivity contribution in [3.05, 3.63) is 85.5 Å². The van der Waals surface area contributed by atoms with E-state index in [1.165, 1.54) is 7.11 Å². The second-order valence-electron chi connectivity index (χ2n) is 8.20. The number of ether oxygens (including phenoxy) is 2. The molecule has 0 bridgehead atoms. The summed E-state index contributed by atoms with van der Waals surface area (Å²) in [5.74, 6) is 3.96. The molecule has 0 amide bonds. The smallest absolute Gasteiger partial charge is 0.434 e. The molecule has 10 nitrogen and oxygen atoms in total. The van der Waals surface area contributed by atoms with E-state index in [9.17, 15) is 32.9 Å². The van der Waals surface area contributed by atoms with E-state index >= 15 is 0 Å². The summed E-state index contributed by atoms with van der Waals surface area (Å²) in [6.07, 6.45) is -5.09. The van der Waals surface area contributed by atoms with Gasteiger partial charge in [0.1, 0.15) is 4.88 Å². The van der Waals surface area contributed by atoms with Crippen molar-refractivity contribution in [2.75, 3.05) is 7.11 Å². The van der Waals surface area contributed by atoms with Gasteiger partial charge in [-0.15, -0.1) is 11.3 Å². The van der Waals surface area contributed by atoms with Crippen molar-refractivity contribution >= 4 is 50.6 Å². The van der Waals surface area contributed by atoms with Gasteiger partial charge in [-0.2, -0.15) is 13.2 Å². The molecule has 1 heterocycles. The first-order valence-corrected chi connectivity index (χ1v) is 12.3. The van der Waals surface area contributed by atoms with Gasteiger partial charge in [0, 0.05) is 28.4 Å². The van der Waals surface area contributed by atoms with Gasteiger partial charge in [0.25, 0.3) is 5.69 Å². The van der Waals surface area contributed by atoms with Crippen LogP contribution in [0.1, 0.15) is 38.9 Å². The predicted octanol–water partition coefficient (Wildman–Crippen LogP) is 5.29. The van der Waals surface area contributed by atoms with Crippen molar-refractivity contribution in [3.8, 4) is 0 Å². The predicted molar refractivity (Wildman–Crippen MR) is 138 cm³/mol. The van der Waals surface area contributed by atoms with Crippen LogP contribution < -0.4 is 11.6 Å². The Labute approximate surface area is 228 Å². The van der Waals surface area contributed by atoms with Gasteiger partial charge in [-0.1, -0.05) is 30.7 Å². The lowest BCUT2D eigenvalue weighted by atomic mass is 9.95. The van der Waals surface area contributed by atoms with E-state index in [-0.39, 0.29) is 27.7 Å². The Morgan fingerprint density at radius 3 is 2.36 bits per heavy atom. The van der Waals surface area contributed by atoms with Gasteiger partial charge < -0.3 is 20.2 Å². The van der Waals surface area contributed by atoms with Gasteiger partial charge in [-0.05, 0) is 30.2 Å². The summed E-state index contributed by atoms with van der Waals surface area (Å²) in [6, 6.07) is 8.80. The Morgan fingerprint density at radius 1 is 1.18 bits per heavy atom. The maximum Gasteiger partial charge on any atom is 0.434 e. The van der Waals surface area contributed by atoms with Crippen LogP contribution in [0.3, 0.4) is 0 Å². The van der Waals surface area contributed by atoms with Crippen LogP contribution >= 0.6 is 22.9 Å². The fraction of sp³-hybridized carbons (Fsp3) is 0.250. The summed E-state index contributed by atoms with van der Waals surface area (Å²) in [7, 11) is 1.22. The van der Waals surface area contributed by atoms with Crippen molar-refractivity contribution in [1.82, 2.24) is 5.01 Å². The second-order valence-corrected chi connectivity index (χ2v) is 9.63. The Balaban J connectivity index is 1.87. The summed E-state index contributed by atoms with van der Waals surface area (Å²) in [4.78, 5) is 34.8. The van der Waals surface area contributed by atoms with E-state index in [1.807, 2.05) is 0 Å². The normalized spacial score (nSPS) is 13.6. The average Bonchev–Trinajstić information content (AvgIpc) is 3.21. The minimum Gasteiger partial charge on any atom is -0.465 e. The van der Waals surface area contributed by atoms with Gasteiger partial charge in [-0.25, -0.2) is 15.4 Å². The Bertz CT molecular complexity index is 1440. The zero-order valence-electron chi connectivity index (χ0n) is 20.5. The quantitative estimate of drug-likeness (QED) is 0.147. The molecule has 0 aliphatic rings. The highest BCUT2D eigenvalue weighted by Gasteiger charge is 2.59. The number of fused-ring (bicyclic) bond motifs is 1. The molecule has 15 heteroatoms. The second kappa shape index (κ2) is 11.5. The molecule has 1 unspecified atom stereocenters. The van der Waals surface area contributed by atoms with Crippen LogP contribution in [0.15, 0.2) is 54.4 Å². The molecule has 39 heavy (non-hydrogen) atoms. The van der Waals surface area contributed by atoms with Gasteiger partial charge in [0.05, 0.1) is 34.9 Å². The molecule has 0 fully saturated rings. The van der Waals surface area contributed by atoms with Crippen molar-refractivity contribution in [3.63, 3.8) is 0 Å². The number of esters is 2. The maximum absolute atomic E-state index is 14.3. The zero-order valence-corrected chi connectivity index (χ0v) is 22.0. The summed E-state index contributed by atoms with van der Waals surface area (Å²) < 4.78 is 53.0. The van der Waals surface area contributed by atoms with Gasteiger partial charge in [0.15, 0.2) is 0 Å².